The Hall–Kier alpha value is -3.38. The van der Waals surface area contributed by atoms with Gasteiger partial charge in [0.25, 0.3) is 0 Å². The van der Waals surface area contributed by atoms with Gasteiger partial charge in [0.1, 0.15) is 36.8 Å². The number of H-pyrrole nitrogens is 1. The lowest BCUT2D eigenvalue weighted by Gasteiger charge is -2.39. The average molecular weight is 458 g/mol. The predicted octanol–water partition coefficient (Wildman–Crippen LogP) is 1.29. The second-order valence-electron chi connectivity index (χ2n) is 7.57. The number of aromatic amines is 1. The van der Waals surface area contributed by atoms with Crippen LogP contribution in [0.25, 0.3) is 32.2 Å². The zero-order valence-corrected chi connectivity index (χ0v) is 17.2. The molecule has 12 nitrogen and oxygen atoms in total. The maximum absolute atomic E-state index is 11.3. The highest BCUT2D eigenvalue weighted by atomic mass is 16.7. The van der Waals surface area contributed by atoms with Gasteiger partial charge < -0.3 is 39.6 Å². The van der Waals surface area contributed by atoms with E-state index in [4.69, 9.17) is 19.7 Å². The van der Waals surface area contributed by atoms with Crippen LogP contribution in [0.4, 0.5) is 0 Å². The van der Waals surface area contributed by atoms with E-state index in [1.165, 1.54) is 0 Å². The highest BCUT2D eigenvalue weighted by Gasteiger charge is 2.48. The van der Waals surface area contributed by atoms with Gasteiger partial charge in [0.05, 0.1) is 12.1 Å². The number of hydrogen-bond donors (Lipinski definition) is 5. The Morgan fingerprint density at radius 1 is 1.12 bits per heavy atom. The largest absolute Gasteiger partial charge is 0.490 e. The average Bonchev–Trinajstić information content (AvgIpc) is 3.20. The summed E-state index contributed by atoms with van der Waals surface area (Å²) in [5, 5.41) is 44.5. The van der Waals surface area contributed by atoms with Crippen LogP contribution in [0.5, 0.6) is 5.75 Å². The zero-order valence-electron chi connectivity index (χ0n) is 17.2. The first-order valence-corrected chi connectivity index (χ1v) is 10.1. The Morgan fingerprint density at radius 3 is 2.64 bits per heavy atom. The van der Waals surface area contributed by atoms with Crippen molar-refractivity contribution in [3.63, 3.8) is 0 Å². The molecule has 1 saturated heterocycles. The Bertz CT molecular complexity index is 1190. The first kappa shape index (κ1) is 22.8. The lowest BCUT2D eigenvalue weighted by Crippen LogP contribution is -2.61. The summed E-state index contributed by atoms with van der Waals surface area (Å²) in [6.07, 6.45) is -9.76. The van der Waals surface area contributed by atoms with E-state index in [1.807, 2.05) is 30.3 Å². The second kappa shape index (κ2) is 9.63. The van der Waals surface area contributed by atoms with Crippen molar-refractivity contribution >= 4 is 27.8 Å². The fourth-order valence-electron chi connectivity index (χ4n) is 3.79. The molecular formula is C21H22N4O8. The second-order valence-corrected chi connectivity index (χ2v) is 7.57. The van der Waals surface area contributed by atoms with Crippen molar-refractivity contribution in [2.24, 2.45) is 5.11 Å². The number of para-hydroxylation sites is 1. The number of azide groups is 1. The van der Waals surface area contributed by atoms with E-state index in [0.717, 1.165) is 21.8 Å². The van der Waals surface area contributed by atoms with Crippen molar-refractivity contribution in [2.45, 2.75) is 36.8 Å². The summed E-state index contributed by atoms with van der Waals surface area (Å²) in [6, 6.07) is 13.2. The van der Waals surface area contributed by atoms with E-state index in [-0.39, 0.29) is 13.2 Å². The molecule has 33 heavy (non-hydrogen) atoms. The minimum atomic E-state index is -1.84. The van der Waals surface area contributed by atoms with Crippen LogP contribution in [0.15, 0.2) is 47.6 Å². The molecule has 0 bridgehead atoms. The Labute approximate surface area is 186 Å². The molecule has 5 N–H and O–H groups in total. The number of benzene rings is 2. The van der Waals surface area contributed by atoms with Crippen molar-refractivity contribution in [1.82, 2.24) is 4.98 Å². The van der Waals surface area contributed by atoms with E-state index >= 15 is 0 Å². The maximum atomic E-state index is 11.3. The quantitative estimate of drug-likeness (QED) is 0.189. The maximum Gasteiger partial charge on any atom is 0.335 e. The van der Waals surface area contributed by atoms with Gasteiger partial charge in [0.15, 0.2) is 12.4 Å². The first-order valence-electron chi connectivity index (χ1n) is 10.1. The molecule has 12 heteroatoms. The van der Waals surface area contributed by atoms with Crippen LogP contribution < -0.4 is 4.74 Å². The van der Waals surface area contributed by atoms with Gasteiger partial charge in [-0.05, 0) is 23.7 Å². The molecule has 1 fully saturated rings. The number of carbonyl (C=O) groups is 1. The van der Waals surface area contributed by atoms with Crippen molar-refractivity contribution in [3.05, 3.63) is 52.9 Å². The molecule has 0 spiro atoms. The molecule has 2 heterocycles. The van der Waals surface area contributed by atoms with Crippen LogP contribution in [-0.4, -0.2) is 81.3 Å². The number of ether oxygens (including phenoxy) is 3. The standard InChI is InChI=1S/C21H22N4O8/c22-25-23-8-10(32-21-18(28)16(26)17(27)19(33-21)20(29)30)9-31-14-7-3-6-13-15(14)11-4-1-2-5-12(11)24-13/h1-7,10,16-19,21,24,26-28H,8-9H2,(H,29,30). The summed E-state index contributed by atoms with van der Waals surface area (Å²) in [5.74, 6) is -1.00. The van der Waals surface area contributed by atoms with Gasteiger partial charge >= 0.3 is 5.97 Å². The number of hydrogen-bond acceptors (Lipinski definition) is 8. The molecule has 2 aromatic carbocycles. The number of rotatable bonds is 8. The fourth-order valence-corrected chi connectivity index (χ4v) is 3.79. The van der Waals surface area contributed by atoms with Crippen molar-refractivity contribution < 1.29 is 39.4 Å². The number of nitrogens with one attached hydrogen (secondary N) is 1. The van der Waals surface area contributed by atoms with Crippen LogP contribution in [0.2, 0.25) is 0 Å². The third-order valence-electron chi connectivity index (χ3n) is 5.40. The number of carboxylic acids is 1. The summed E-state index contributed by atoms with van der Waals surface area (Å²) in [5.41, 5.74) is 10.5. The van der Waals surface area contributed by atoms with Gasteiger partial charge in [-0.2, -0.15) is 0 Å². The molecule has 0 radical (unpaired) electrons. The minimum Gasteiger partial charge on any atom is -0.490 e. The molecule has 0 amide bonds. The molecule has 174 valence electrons. The minimum absolute atomic E-state index is 0.138. The van der Waals surface area contributed by atoms with Crippen LogP contribution >= 0.6 is 0 Å². The normalized spacial score (nSPS) is 26.1. The summed E-state index contributed by atoms with van der Waals surface area (Å²) in [4.78, 5) is 17.3. The molecule has 3 aromatic rings. The molecule has 1 aromatic heterocycles. The summed E-state index contributed by atoms with van der Waals surface area (Å²) < 4.78 is 16.7. The van der Waals surface area contributed by atoms with E-state index in [0.29, 0.717) is 5.75 Å². The molecule has 1 aliphatic heterocycles. The third kappa shape index (κ3) is 4.57. The third-order valence-corrected chi connectivity index (χ3v) is 5.40. The molecule has 0 saturated carbocycles. The van der Waals surface area contributed by atoms with Gasteiger partial charge in [-0.15, -0.1) is 0 Å². The smallest absolute Gasteiger partial charge is 0.335 e. The lowest BCUT2D eigenvalue weighted by atomic mass is 9.99. The number of aromatic nitrogens is 1. The molecular weight excluding hydrogens is 436 g/mol. The van der Waals surface area contributed by atoms with Gasteiger partial charge in [0, 0.05) is 21.2 Å². The topological polar surface area (TPSA) is 190 Å². The van der Waals surface area contributed by atoms with Crippen LogP contribution in [-0.2, 0) is 14.3 Å². The summed E-state index contributed by atoms with van der Waals surface area (Å²) in [6.45, 7) is -0.357. The summed E-state index contributed by atoms with van der Waals surface area (Å²) >= 11 is 0. The lowest BCUT2D eigenvalue weighted by molar-refractivity contribution is -0.304. The Balaban J connectivity index is 1.54. The van der Waals surface area contributed by atoms with E-state index < -0.39 is 42.8 Å². The number of aliphatic hydroxyl groups is 3. The summed E-state index contributed by atoms with van der Waals surface area (Å²) in [7, 11) is 0. The first-order chi connectivity index (χ1) is 15.9. The SMILES string of the molecule is [N-]=[N+]=NCC(COc1cccc2[nH]c3ccccc3c12)OC1OC(C(=O)O)C(O)C(O)C1O. The monoisotopic (exact) mass is 458 g/mol. The molecule has 0 aliphatic carbocycles. The molecule has 4 rings (SSSR count). The Kier molecular flexibility index (Phi) is 6.65. The van der Waals surface area contributed by atoms with E-state index in [9.17, 15) is 25.2 Å². The number of fused-ring (bicyclic) bond motifs is 3. The van der Waals surface area contributed by atoms with Crippen LogP contribution in [0.3, 0.4) is 0 Å². The fraction of sp³-hybridized carbons (Fsp3) is 0.381. The van der Waals surface area contributed by atoms with Gasteiger partial charge in [0.2, 0.25) is 0 Å². The molecule has 6 atom stereocenters. The van der Waals surface area contributed by atoms with E-state index in [2.05, 4.69) is 15.0 Å². The highest BCUT2D eigenvalue weighted by molar-refractivity contribution is 6.10. The van der Waals surface area contributed by atoms with Gasteiger partial charge in [-0.3, -0.25) is 0 Å². The Morgan fingerprint density at radius 2 is 1.88 bits per heavy atom. The number of nitrogens with zero attached hydrogens (tertiary/aromatic N) is 3. The van der Waals surface area contributed by atoms with Crippen molar-refractivity contribution in [3.8, 4) is 5.75 Å². The van der Waals surface area contributed by atoms with Gasteiger partial charge in [-0.1, -0.05) is 29.4 Å². The van der Waals surface area contributed by atoms with E-state index in [1.54, 1.807) is 12.1 Å². The number of aliphatic carboxylic acids is 1. The van der Waals surface area contributed by atoms with Crippen LogP contribution in [0, 0.1) is 0 Å². The molecule has 1 aliphatic rings. The zero-order chi connectivity index (χ0) is 23.5. The predicted molar refractivity (Wildman–Crippen MR) is 115 cm³/mol. The van der Waals surface area contributed by atoms with Gasteiger partial charge in [-0.25, -0.2) is 4.79 Å². The highest BCUT2D eigenvalue weighted by Crippen LogP contribution is 2.33. The number of aliphatic hydroxyl groups excluding tert-OH is 3. The van der Waals surface area contributed by atoms with Crippen molar-refractivity contribution in [1.29, 1.82) is 0 Å². The molecule has 6 unspecified atom stereocenters. The van der Waals surface area contributed by atoms with Crippen LogP contribution in [0.1, 0.15) is 0 Å². The van der Waals surface area contributed by atoms with Crippen molar-refractivity contribution in [2.75, 3.05) is 13.2 Å². The number of carboxylic acid groups (broad SMARTS) is 1.